The second-order valence-corrected chi connectivity index (χ2v) is 7.34. The van der Waals surface area contributed by atoms with E-state index in [0.717, 1.165) is 27.9 Å². The molecule has 0 saturated heterocycles. The number of carboxylic acid groups (broad SMARTS) is 1. The lowest BCUT2D eigenvalue weighted by Crippen LogP contribution is -2.04. The molecular formula is C24H22N2O2. The van der Waals surface area contributed by atoms with Crippen molar-refractivity contribution in [2.75, 3.05) is 0 Å². The minimum Gasteiger partial charge on any atom is -0.478 e. The van der Waals surface area contributed by atoms with Crippen molar-refractivity contribution in [3.8, 4) is 28.5 Å². The van der Waals surface area contributed by atoms with Crippen molar-refractivity contribution in [1.29, 1.82) is 5.26 Å². The van der Waals surface area contributed by atoms with Crippen molar-refractivity contribution >= 4 is 5.97 Å². The number of benzene rings is 2. The molecule has 0 radical (unpaired) electrons. The van der Waals surface area contributed by atoms with Crippen LogP contribution in [0.4, 0.5) is 0 Å². The Bertz CT molecular complexity index is 1060. The molecule has 4 heteroatoms. The van der Waals surface area contributed by atoms with Gasteiger partial charge in [-0.05, 0) is 43.0 Å². The van der Waals surface area contributed by atoms with Gasteiger partial charge in [-0.25, -0.2) is 4.79 Å². The van der Waals surface area contributed by atoms with Crippen LogP contribution in [-0.2, 0) is 6.42 Å². The van der Waals surface area contributed by atoms with Crippen LogP contribution in [0.25, 0.3) is 22.4 Å². The van der Waals surface area contributed by atoms with Crippen LogP contribution in [0.15, 0.2) is 54.6 Å². The first-order valence-electron chi connectivity index (χ1n) is 9.24. The second-order valence-electron chi connectivity index (χ2n) is 7.34. The maximum atomic E-state index is 11.4. The fraction of sp³-hybridized carbons (Fsp3) is 0.208. The number of hydrogen-bond acceptors (Lipinski definition) is 3. The first-order valence-corrected chi connectivity index (χ1v) is 9.24. The molecule has 28 heavy (non-hydrogen) atoms. The van der Waals surface area contributed by atoms with E-state index in [9.17, 15) is 15.2 Å². The fourth-order valence-electron chi connectivity index (χ4n) is 3.18. The zero-order valence-electron chi connectivity index (χ0n) is 16.2. The van der Waals surface area contributed by atoms with Gasteiger partial charge in [0.05, 0.1) is 22.5 Å². The number of carbonyl (C=O) groups is 1. The molecule has 1 N–H and O–H groups in total. The molecule has 0 fully saturated rings. The van der Waals surface area contributed by atoms with Gasteiger partial charge in [0, 0.05) is 11.1 Å². The first kappa shape index (κ1) is 19.3. The smallest absolute Gasteiger partial charge is 0.335 e. The SMILES string of the molecule is Cc1ccc(-c2cc(-c3cccc(C(=O)O)c3)nc(CC(C)C)c2C#N)cc1. The van der Waals surface area contributed by atoms with E-state index in [1.807, 2.05) is 43.3 Å². The van der Waals surface area contributed by atoms with Gasteiger partial charge in [-0.2, -0.15) is 5.26 Å². The molecule has 2 aromatic carbocycles. The summed E-state index contributed by atoms with van der Waals surface area (Å²) in [4.78, 5) is 16.1. The van der Waals surface area contributed by atoms with E-state index in [-0.39, 0.29) is 5.56 Å². The van der Waals surface area contributed by atoms with Crippen LogP contribution in [0.2, 0.25) is 0 Å². The average Bonchev–Trinajstić information content (AvgIpc) is 2.67. The summed E-state index contributed by atoms with van der Waals surface area (Å²) in [5.74, 6) is -0.636. The number of aromatic carboxylic acids is 1. The highest BCUT2D eigenvalue weighted by Crippen LogP contribution is 2.31. The molecule has 4 nitrogen and oxygen atoms in total. The molecule has 140 valence electrons. The lowest BCUT2D eigenvalue weighted by molar-refractivity contribution is 0.0697. The normalized spacial score (nSPS) is 10.7. The summed E-state index contributed by atoms with van der Waals surface area (Å²) in [7, 11) is 0. The molecule has 0 aliphatic carbocycles. The molecule has 1 aromatic heterocycles. The summed E-state index contributed by atoms with van der Waals surface area (Å²) in [6, 6.07) is 19.0. The van der Waals surface area contributed by atoms with Crippen molar-refractivity contribution in [3.05, 3.63) is 77.0 Å². The van der Waals surface area contributed by atoms with Gasteiger partial charge in [0.15, 0.2) is 0 Å². The molecular weight excluding hydrogens is 348 g/mol. The number of aromatic nitrogens is 1. The van der Waals surface area contributed by atoms with Crippen molar-refractivity contribution in [2.24, 2.45) is 5.92 Å². The number of hydrogen-bond donors (Lipinski definition) is 1. The van der Waals surface area contributed by atoms with Gasteiger partial charge in [-0.1, -0.05) is 55.8 Å². The number of nitrogens with zero attached hydrogens (tertiary/aromatic N) is 2. The number of rotatable bonds is 5. The van der Waals surface area contributed by atoms with Crippen molar-refractivity contribution < 1.29 is 9.90 Å². The molecule has 3 rings (SSSR count). The summed E-state index contributed by atoms with van der Waals surface area (Å²) in [6.07, 6.45) is 0.675. The Kier molecular flexibility index (Phi) is 5.56. The number of nitriles is 1. The van der Waals surface area contributed by atoms with Crippen LogP contribution in [-0.4, -0.2) is 16.1 Å². The Morgan fingerprint density at radius 3 is 2.43 bits per heavy atom. The molecule has 0 amide bonds. The molecule has 0 bridgehead atoms. The Morgan fingerprint density at radius 1 is 1.11 bits per heavy atom. The van der Waals surface area contributed by atoms with Gasteiger partial charge < -0.3 is 5.11 Å². The van der Waals surface area contributed by atoms with E-state index in [4.69, 9.17) is 4.98 Å². The van der Waals surface area contributed by atoms with E-state index < -0.39 is 5.97 Å². The van der Waals surface area contributed by atoms with Crippen LogP contribution in [0.5, 0.6) is 0 Å². The van der Waals surface area contributed by atoms with E-state index in [2.05, 4.69) is 19.9 Å². The van der Waals surface area contributed by atoms with Gasteiger partial charge in [0.2, 0.25) is 0 Å². The van der Waals surface area contributed by atoms with Gasteiger partial charge in [-0.3, -0.25) is 4.98 Å². The van der Waals surface area contributed by atoms with Crippen LogP contribution >= 0.6 is 0 Å². The molecule has 0 aliphatic rings. The summed E-state index contributed by atoms with van der Waals surface area (Å²) in [5.41, 5.74) is 5.85. The standard InChI is InChI=1S/C24H22N2O2/c1-15(2)11-23-21(14-25)20(17-9-7-16(3)8-10-17)13-22(26-23)18-5-4-6-19(12-18)24(27)28/h4-10,12-13,15H,11H2,1-3H3,(H,27,28). The van der Waals surface area contributed by atoms with Crippen molar-refractivity contribution in [3.63, 3.8) is 0 Å². The maximum absolute atomic E-state index is 11.4. The summed E-state index contributed by atoms with van der Waals surface area (Å²) in [5, 5.41) is 19.1. The molecule has 0 unspecified atom stereocenters. The molecule has 1 heterocycles. The zero-order chi connectivity index (χ0) is 20.3. The van der Waals surface area contributed by atoms with Crippen molar-refractivity contribution in [2.45, 2.75) is 27.2 Å². The van der Waals surface area contributed by atoms with E-state index >= 15 is 0 Å². The first-order chi connectivity index (χ1) is 13.4. The van der Waals surface area contributed by atoms with Gasteiger partial charge >= 0.3 is 5.97 Å². The Labute approximate surface area is 165 Å². The van der Waals surface area contributed by atoms with Gasteiger partial charge in [0.25, 0.3) is 0 Å². The van der Waals surface area contributed by atoms with E-state index in [1.54, 1.807) is 18.2 Å². The second kappa shape index (κ2) is 8.06. The van der Waals surface area contributed by atoms with E-state index in [0.29, 0.717) is 23.6 Å². The van der Waals surface area contributed by atoms with Gasteiger partial charge in [-0.15, -0.1) is 0 Å². The third-order valence-corrected chi connectivity index (χ3v) is 4.58. The molecule has 0 saturated carbocycles. The number of aryl methyl sites for hydroxylation is 1. The highest BCUT2D eigenvalue weighted by atomic mass is 16.4. The number of carboxylic acids is 1. The average molecular weight is 370 g/mol. The Balaban J connectivity index is 2.25. The van der Waals surface area contributed by atoms with E-state index in [1.165, 1.54) is 0 Å². The van der Waals surface area contributed by atoms with Crippen LogP contribution in [0.3, 0.4) is 0 Å². The zero-order valence-corrected chi connectivity index (χ0v) is 16.2. The molecule has 3 aromatic rings. The quantitative estimate of drug-likeness (QED) is 0.644. The van der Waals surface area contributed by atoms with Gasteiger partial charge in [0.1, 0.15) is 6.07 Å². The van der Waals surface area contributed by atoms with Crippen molar-refractivity contribution in [1.82, 2.24) is 4.98 Å². The molecule has 0 atom stereocenters. The number of pyridine rings is 1. The predicted octanol–water partition coefficient (Wildman–Crippen LogP) is 5.49. The third kappa shape index (κ3) is 4.10. The summed E-state index contributed by atoms with van der Waals surface area (Å²) in [6.45, 7) is 6.20. The highest BCUT2D eigenvalue weighted by molar-refractivity contribution is 5.89. The third-order valence-electron chi connectivity index (χ3n) is 4.58. The van der Waals surface area contributed by atoms with Crippen LogP contribution < -0.4 is 0 Å². The topological polar surface area (TPSA) is 74.0 Å². The molecule has 0 spiro atoms. The Morgan fingerprint density at radius 2 is 1.82 bits per heavy atom. The van der Waals surface area contributed by atoms with Crippen LogP contribution in [0, 0.1) is 24.2 Å². The maximum Gasteiger partial charge on any atom is 0.335 e. The van der Waals surface area contributed by atoms with Crippen LogP contribution in [0.1, 0.15) is 41.0 Å². The predicted molar refractivity (Wildman–Crippen MR) is 110 cm³/mol. The Hall–Kier alpha value is -3.45. The summed E-state index contributed by atoms with van der Waals surface area (Å²) >= 11 is 0. The lowest BCUT2D eigenvalue weighted by atomic mass is 9.93. The fourth-order valence-corrected chi connectivity index (χ4v) is 3.18. The highest BCUT2D eigenvalue weighted by Gasteiger charge is 2.17. The lowest BCUT2D eigenvalue weighted by Gasteiger charge is -2.14. The largest absolute Gasteiger partial charge is 0.478 e. The minimum absolute atomic E-state index is 0.214. The monoisotopic (exact) mass is 370 g/mol. The summed E-state index contributed by atoms with van der Waals surface area (Å²) < 4.78 is 0. The minimum atomic E-state index is -0.975. The molecule has 0 aliphatic heterocycles.